The highest BCUT2D eigenvalue weighted by Crippen LogP contribution is 2.37. The molecule has 0 spiro atoms. The van der Waals surface area contributed by atoms with E-state index in [4.69, 9.17) is 16.3 Å². The average Bonchev–Trinajstić information content (AvgIpc) is 2.46. The van der Waals surface area contributed by atoms with Gasteiger partial charge in [-0.25, -0.2) is 0 Å². The molecule has 1 nitrogen and oxygen atoms in total. The van der Waals surface area contributed by atoms with Crippen LogP contribution in [0.3, 0.4) is 0 Å². The fraction of sp³-hybridized carbons (Fsp3) is 0.250. The summed E-state index contributed by atoms with van der Waals surface area (Å²) in [7, 11) is 1.66. The quantitative estimate of drug-likeness (QED) is 0.678. The number of hydrogen-bond donors (Lipinski definition) is 0. The summed E-state index contributed by atoms with van der Waals surface area (Å²) < 4.78 is 5.40. The van der Waals surface area contributed by atoms with Crippen LogP contribution in [0.25, 0.3) is 0 Å². The predicted octanol–water partition coefficient (Wildman–Crippen LogP) is 5.40. The van der Waals surface area contributed by atoms with E-state index in [1.807, 2.05) is 18.2 Å². The number of methoxy groups -OCH3 is 1. The predicted molar refractivity (Wildman–Crippen MR) is 84.6 cm³/mol. The second-order valence-corrected chi connectivity index (χ2v) is 5.70. The monoisotopic (exact) mass is 338 g/mol. The van der Waals surface area contributed by atoms with Gasteiger partial charge in [-0.15, -0.1) is 0 Å². The molecule has 1 atom stereocenters. The molecule has 0 heterocycles. The third-order valence-corrected chi connectivity index (χ3v) is 4.41. The van der Waals surface area contributed by atoms with E-state index in [2.05, 4.69) is 47.1 Å². The Morgan fingerprint density at radius 2 is 1.84 bits per heavy atom. The summed E-state index contributed by atoms with van der Waals surface area (Å²) in [5.41, 5.74) is 3.63. The Hall–Kier alpha value is -0.990. The smallest absolute Gasteiger partial charge is 0.125 e. The molecule has 0 aliphatic heterocycles. The summed E-state index contributed by atoms with van der Waals surface area (Å²) in [5.74, 6) is 0.800. The van der Waals surface area contributed by atoms with E-state index >= 15 is 0 Å². The fourth-order valence-electron chi connectivity index (χ4n) is 2.00. The number of benzene rings is 2. The van der Waals surface area contributed by atoms with Gasteiger partial charge in [-0.1, -0.05) is 64.8 Å². The van der Waals surface area contributed by atoms with Crippen molar-refractivity contribution in [3.63, 3.8) is 0 Å². The van der Waals surface area contributed by atoms with E-state index in [1.165, 1.54) is 11.1 Å². The van der Waals surface area contributed by atoms with Gasteiger partial charge in [0.2, 0.25) is 0 Å². The van der Waals surface area contributed by atoms with Crippen LogP contribution < -0.4 is 4.74 Å². The number of alkyl halides is 1. The second kappa shape index (κ2) is 6.44. The van der Waals surface area contributed by atoms with Crippen LogP contribution in [0, 0.1) is 0 Å². The summed E-state index contributed by atoms with van der Waals surface area (Å²) in [5, 5.41) is 0.682. The van der Waals surface area contributed by atoms with Crippen LogP contribution in [0.15, 0.2) is 42.5 Å². The molecule has 0 amide bonds. The number of hydrogen-bond acceptors (Lipinski definition) is 1. The minimum atomic E-state index is 0.102. The number of aryl methyl sites for hydroxylation is 1. The molecule has 3 heteroatoms. The molecular formula is C16H16BrClO. The van der Waals surface area contributed by atoms with E-state index in [1.54, 1.807) is 7.11 Å². The molecule has 0 saturated heterocycles. The molecule has 0 fully saturated rings. The summed E-state index contributed by atoms with van der Waals surface area (Å²) in [6.45, 7) is 2.16. The van der Waals surface area contributed by atoms with Crippen molar-refractivity contribution in [2.24, 2.45) is 0 Å². The minimum Gasteiger partial charge on any atom is -0.496 e. The maximum Gasteiger partial charge on any atom is 0.125 e. The number of ether oxygens (including phenoxy) is 1. The van der Waals surface area contributed by atoms with Crippen molar-refractivity contribution in [1.82, 2.24) is 0 Å². The van der Waals surface area contributed by atoms with Gasteiger partial charge < -0.3 is 4.74 Å². The molecule has 0 N–H and O–H groups in total. The Kier molecular flexibility index (Phi) is 4.89. The molecule has 2 aromatic carbocycles. The highest BCUT2D eigenvalue weighted by Gasteiger charge is 2.15. The second-order valence-electron chi connectivity index (χ2n) is 4.34. The molecule has 100 valence electrons. The van der Waals surface area contributed by atoms with Crippen LogP contribution in [0.2, 0.25) is 5.02 Å². The molecular weight excluding hydrogens is 324 g/mol. The van der Waals surface area contributed by atoms with Gasteiger partial charge in [0.1, 0.15) is 5.75 Å². The van der Waals surface area contributed by atoms with Crippen molar-refractivity contribution in [1.29, 1.82) is 0 Å². The molecule has 0 aromatic heterocycles. The van der Waals surface area contributed by atoms with Gasteiger partial charge in [0.15, 0.2) is 0 Å². The standard InChI is InChI=1S/C16H16BrClO/c1-3-11-4-6-12(7-5-11)16(17)14-9-8-13(18)10-15(14)19-2/h4-10,16H,3H2,1-2H3. The first kappa shape index (κ1) is 14.4. The molecule has 1 unspecified atom stereocenters. The van der Waals surface area contributed by atoms with Crippen LogP contribution in [0.5, 0.6) is 5.75 Å². The third kappa shape index (κ3) is 3.31. The van der Waals surface area contributed by atoms with Crippen LogP contribution in [0.4, 0.5) is 0 Å². The molecule has 19 heavy (non-hydrogen) atoms. The lowest BCUT2D eigenvalue weighted by atomic mass is 10.0. The van der Waals surface area contributed by atoms with Crippen LogP contribution in [0.1, 0.15) is 28.4 Å². The van der Waals surface area contributed by atoms with Gasteiger partial charge >= 0.3 is 0 Å². The van der Waals surface area contributed by atoms with Gasteiger partial charge in [0.25, 0.3) is 0 Å². The lowest BCUT2D eigenvalue weighted by Gasteiger charge is -2.15. The summed E-state index contributed by atoms with van der Waals surface area (Å²) in [6, 6.07) is 14.3. The average molecular weight is 340 g/mol. The van der Waals surface area contributed by atoms with Crippen molar-refractivity contribution >= 4 is 27.5 Å². The van der Waals surface area contributed by atoms with E-state index < -0.39 is 0 Å². The third-order valence-electron chi connectivity index (χ3n) is 3.15. The van der Waals surface area contributed by atoms with Gasteiger partial charge in [0.05, 0.1) is 11.9 Å². The Bertz CT molecular complexity index is 551. The Morgan fingerprint density at radius 1 is 1.16 bits per heavy atom. The van der Waals surface area contributed by atoms with E-state index in [0.29, 0.717) is 5.02 Å². The van der Waals surface area contributed by atoms with Crippen molar-refractivity contribution in [2.45, 2.75) is 18.2 Å². The Labute approximate surface area is 127 Å². The summed E-state index contributed by atoms with van der Waals surface area (Å²) in [6.07, 6.45) is 1.05. The molecule has 0 bridgehead atoms. The van der Waals surface area contributed by atoms with E-state index in [-0.39, 0.29) is 4.83 Å². The molecule has 2 aromatic rings. The zero-order chi connectivity index (χ0) is 13.8. The molecule has 0 saturated carbocycles. The maximum atomic E-state index is 5.99. The summed E-state index contributed by atoms with van der Waals surface area (Å²) >= 11 is 9.72. The zero-order valence-corrected chi connectivity index (χ0v) is 13.3. The van der Waals surface area contributed by atoms with E-state index in [9.17, 15) is 0 Å². The van der Waals surface area contributed by atoms with Crippen molar-refractivity contribution in [3.8, 4) is 5.75 Å². The first-order valence-corrected chi connectivity index (χ1v) is 7.51. The lowest BCUT2D eigenvalue weighted by Crippen LogP contribution is -1.97. The molecule has 0 radical (unpaired) electrons. The fourth-order valence-corrected chi connectivity index (χ4v) is 2.84. The SMILES string of the molecule is CCc1ccc(C(Br)c2ccc(Cl)cc2OC)cc1. The lowest BCUT2D eigenvalue weighted by molar-refractivity contribution is 0.410. The molecule has 0 aliphatic carbocycles. The Balaban J connectivity index is 2.34. The van der Waals surface area contributed by atoms with Crippen molar-refractivity contribution in [3.05, 3.63) is 64.2 Å². The van der Waals surface area contributed by atoms with Crippen molar-refractivity contribution < 1.29 is 4.74 Å². The normalized spacial score (nSPS) is 12.2. The number of rotatable bonds is 4. The largest absolute Gasteiger partial charge is 0.496 e. The summed E-state index contributed by atoms with van der Waals surface area (Å²) in [4.78, 5) is 0.102. The van der Waals surface area contributed by atoms with E-state index in [0.717, 1.165) is 17.7 Å². The first-order valence-electron chi connectivity index (χ1n) is 6.22. The first-order chi connectivity index (χ1) is 9.15. The maximum absolute atomic E-state index is 5.99. The zero-order valence-electron chi connectivity index (χ0n) is 11.0. The highest BCUT2D eigenvalue weighted by atomic mass is 79.9. The topological polar surface area (TPSA) is 9.23 Å². The van der Waals surface area contributed by atoms with Crippen LogP contribution in [-0.2, 0) is 6.42 Å². The van der Waals surface area contributed by atoms with Gasteiger partial charge in [-0.2, -0.15) is 0 Å². The Morgan fingerprint density at radius 3 is 2.42 bits per heavy atom. The highest BCUT2D eigenvalue weighted by molar-refractivity contribution is 9.09. The van der Waals surface area contributed by atoms with Crippen LogP contribution >= 0.6 is 27.5 Å². The van der Waals surface area contributed by atoms with Gasteiger partial charge in [-0.3, -0.25) is 0 Å². The molecule has 0 aliphatic rings. The van der Waals surface area contributed by atoms with Crippen LogP contribution in [-0.4, -0.2) is 7.11 Å². The van der Waals surface area contributed by atoms with Crippen molar-refractivity contribution in [2.75, 3.05) is 7.11 Å². The molecule has 2 rings (SSSR count). The minimum absolute atomic E-state index is 0.102. The van der Waals surface area contributed by atoms with Gasteiger partial charge in [-0.05, 0) is 29.7 Å². The van der Waals surface area contributed by atoms with Gasteiger partial charge in [0, 0.05) is 10.6 Å². The number of halogens is 2.